The van der Waals surface area contributed by atoms with Crippen LogP contribution in [0.25, 0.3) is 5.69 Å². The van der Waals surface area contributed by atoms with Gasteiger partial charge in [-0.3, -0.25) is 4.57 Å². The molecule has 0 saturated carbocycles. The van der Waals surface area contributed by atoms with Gasteiger partial charge in [-0.25, -0.2) is 0 Å². The molecular formula is C16H13Cl2N3S. The van der Waals surface area contributed by atoms with Crippen LogP contribution in [0.1, 0.15) is 11.1 Å². The Morgan fingerprint density at radius 2 is 1.86 bits per heavy atom. The Balaban J connectivity index is 1.79. The third-order valence-electron chi connectivity index (χ3n) is 3.23. The van der Waals surface area contributed by atoms with Crippen LogP contribution in [-0.4, -0.2) is 14.8 Å². The van der Waals surface area contributed by atoms with Crippen molar-refractivity contribution in [1.29, 1.82) is 0 Å². The van der Waals surface area contributed by atoms with Crippen LogP contribution in [0.4, 0.5) is 0 Å². The molecule has 0 amide bonds. The molecule has 3 rings (SSSR count). The van der Waals surface area contributed by atoms with Gasteiger partial charge in [0.15, 0.2) is 5.16 Å². The quantitative estimate of drug-likeness (QED) is 0.608. The first kappa shape index (κ1) is 15.4. The van der Waals surface area contributed by atoms with Crippen LogP contribution in [0.5, 0.6) is 0 Å². The standard InChI is InChI=1S/C16H13Cl2N3S/c1-11-2-7-14(8-15(11)18)21-10-19-20-16(21)22-9-12-3-5-13(17)6-4-12/h2-8,10H,9H2,1H3. The second-order valence-electron chi connectivity index (χ2n) is 4.83. The fourth-order valence-electron chi connectivity index (χ4n) is 1.96. The van der Waals surface area contributed by atoms with Crippen molar-refractivity contribution in [3.05, 3.63) is 70.0 Å². The molecule has 0 aliphatic carbocycles. The van der Waals surface area contributed by atoms with E-state index in [1.54, 1.807) is 18.1 Å². The van der Waals surface area contributed by atoms with Gasteiger partial charge in [-0.15, -0.1) is 10.2 Å². The fraction of sp³-hybridized carbons (Fsp3) is 0.125. The second-order valence-corrected chi connectivity index (χ2v) is 6.62. The van der Waals surface area contributed by atoms with E-state index in [-0.39, 0.29) is 0 Å². The Hall–Kier alpha value is -1.49. The van der Waals surface area contributed by atoms with Crippen molar-refractivity contribution in [1.82, 2.24) is 14.8 Å². The number of hydrogen-bond donors (Lipinski definition) is 0. The van der Waals surface area contributed by atoms with E-state index in [2.05, 4.69) is 10.2 Å². The summed E-state index contributed by atoms with van der Waals surface area (Å²) in [6, 6.07) is 13.7. The average molecular weight is 350 g/mol. The molecule has 6 heteroatoms. The van der Waals surface area contributed by atoms with Gasteiger partial charge in [-0.1, -0.05) is 53.2 Å². The smallest absolute Gasteiger partial charge is 0.195 e. The van der Waals surface area contributed by atoms with Gasteiger partial charge in [0.25, 0.3) is 0 Å². The predicted octanol–water partition coefficient (Wildman–Crippen LogP) is 5.17. The van der Waals surface area contributed by atoms with Gasteiger partial charge in [-0.2, -0.15) is 0 Å². The predicted molar refractivity (Wildman–Crippen MR) is 92.1 cm³/mol. The minimum Gasteiger partial charge on any atom is -0.277 e. The normalized spacial score (nSPS) is 10.9. The summed E-state index contributed by atoms with van der Waals surface area (Å²) >= 11 is 13.7. The summed E-state index contributed by atoms with van der Waals surface area (Å²) in [6.07, 6.45) is 1.70. The van der Waals surface area contributed by atoms with Crippen LogP contribution in [0, 0.1) is 6.92 Å². The Bertz CT molecular complexity index is 784. The van der Waals surface area contributed by atoms with Crippen LogP contribution in [0.3, 0.4) is 0 Å². The van der Waals surface area contributed by atoms with E-state index < -0.39 is 0 Å². The lowest BCUT2D eigenvalue weighted by Crippen LogP contribution is -1.96. The van der Waals surface area contributed by atoms with E-state index in [1.165, 1.54) is 5.56 Å². The van der Waals surface area contributed by atoms with Crippen molar-refractivity contribution in [3.63, 3.8) is 0 Å². The number of hydrogen-bond acceptors (Lipinski definition) is 3. The summed E-state index contributed by atoms with van der Waals surface area (Å²) < 4.78 is 1.94. The lowest BCUT2D eigenvalue weighted by Gasteiger charge is -2.08. The molecule has 0 atom stereocenters. The van der Waals surface area contributed by atoms with Gasteiger partial charge in [-0.05, 0) is 42.3 Å². The largest absolute Gasteiger partial charge is 0.277 e. The Morgan fingerprint density at radius 1 is 1.09 bits per heavy atom. The van der Waals surface area contributed by atoms with Crippen LogP contribution >= 0.6 is 35.0 Å². The van der Waals surface area contributed by atoms with E-state index in [0.717, 1.165) is 32.2 Å². The van der Waals surface area contributed by atoms with Crippen molar-refractivity contribution in [2.45, 2.75) is 17.8 Å². The number of nitrogens with zero attached hydrogens (tertiary/aromatic N) is 3. The average Bonchev–Trinajstić information content (AvgIpc) is 2.98. The highest BCUT2D eigenvalue weighted by Gasteiger charge is 2.08. The molecular weight excluding hydrogens is 337 g/mol. The maximum atomic E-state index is 6.20. The third-order valence-corrected chi connectivity index (χ3v) is 4.90. The summed E-state index contributed by atoms with van der Waals surface area (Å²) in [4.78, 5) is 0. The molecule has 22 heavy (non-hydrogen) atoms. The van der Waals surface area contributed by atoms with Crippen molar-refractivity contribution < 1.29 is 0 Å². The summed E-state index contributed by atoms with van der Waals surface area (Å²) in [5.41, 5.74) is 3.19. The monoisotopic (exact) mass is 349 g/mol. The van der Waals surface area contributed by atoms with Gasteiger partial charge in [0, 0.05) is 15.8 Å². The van der Waals surface area contributed by atoms with E-state index in [4.69, 9.17) is 23.2 Å². The van der Waals surface area contributed by atoms with Gasteiger partial charge in [0.2, 0.25) is 0 Å². The molecule has 1 aromatic heterocycles. The first-order chi connectivity index (χ1) is 10.6. The van der Waals surface area contributed by atoms with Crippen LogP contribution in [-0.2, 0) is 5.75 Å². The van der Waals surface area contributed by atoms with Gasteiger partial charge in [0.05, 0.1) is 5.69 Å². The Morgan fingerprint density at radius 3 is 2.59 bits per heavy atom. The molecule has 2 aromatic carbocycles. The highest BCUT2D eigenvalue weighted by atomic mass is 35.5. The van der Waals surface area contributed by atoms with Gasteiger partial charge in [0.1, 0.15) is 6.33 Å². The lowest BCUT2D eigenvalue weighted by molar-refractivity contribution is 0.883. The summed E-state index contributed by atoms with van der Waals surface area (Å²) in [7, 11) is 0. The van der Waals surface area contributed by atoms with Crippen molar-refractivity contribution in [2.75, 3.05) is 0 Å². The van der Waals surface area contributed by atoms with E-state index in [9.17, 15) is 0 Å². The minimum atomic E-state index is 0.736. The zero-order valence-corrected chi connectivity index (χ0v) is 14.2. The zero-order valence-electron chi connectivity index (χ0n) is 11.8. The van der Waals surface area contributed by atoms with Crippen molar-refractivity contribution in [2.24, 2.45) is 0 Å². The van der Waals surface area contributed by atoms with E-state index >= 15 is 0 Å². The Labute approximate surface area is 143 Å². The van der Waals surface area contributed by atoms with Crippen LogP contribution in [0.2, 0.25) is 10.0 Å². The lowest BCUT2D eigenvalue weighted by atomic mass is 10.2. The maximum Gasteiger partial charge on any atom is 0.195 e. The fourth-order valence-corrected chi connectivity index (χ4v) is 3.15. The second kappa shape index (κ2) is 6.73. The van der Waals surface area contributed by atoms with Gasteiger partial charge >= 0.3 is 0 Å². The first-order valence-electron chi connectivity index (χ1n) is 6.67. The summed E-state index contributed by atoms with van der Waals surface area (Å²) in [6.45, 7) is 1.98. The number of aromatic nitrogens is 3. The molecule has 0 bridgehead atoms. The summed E-state index contributed by atoms with van der Waals surface area (Å²) in [5.74, 6) is 0.801. The van der Waals surface area contributed by atoms with Crippen molar-refractivity contribution in [3.8, 4) is 5.69 Å². The molecule has 0 aliphatic heterocycles. The van der Waals surface area contributed by atoms with Crippen LogP contribution < -0.4 is 0 Å². The molecule has 0 saturated heterocycles. The topological polar surface area (TPSA) is 30.7 Å². The molecule has 0 aliphatic rings. The van der Waals surface area contributed by atoms with Crippen LogP contribution in [0.15, 0.2) is 53.9 Å². The number of rotatable bonds is 4. The molecule has 3 nitrogen and oxygen atoms in total. The van der Waals surface area contributed by atoms with Gasteiger partial charge < -0.3 is 0 Å². The molecule has 112 valence electrons. The molecule has 0 spiro atoms. The summed E-state index contributed by atoms with van der Waals surface area (Å²) in [5, 5.41) is 10.5. The SMILES string of the molecule is Cc1ccc(-n2cnnc2SCc2ccc(Cl)cc2)cc1Cl. The molecule has 3 aromatic rings. The highest BCUT2D eigenvalue weighted by molar-refractivity contribution is 7.98. The number of benzene rings is 2. The molecule has 0 fully saturated rings. The molecule has 0 radical (unpaired) electrons. The first-order valence-corrected chi connectivity index (χ1v) is 8.41. The zero-order chi connectivity index (χ0) is 15.5. The van der Waals surface area contributed by atoms with Crippen molar-refractivity contribution >= 4 is 35.0 Å². The van der Waals surface area contributed by atoms with E-state index in [1.807, 2.05) is 54.0 Å². The number of thioether (sulfide) groups is 1. The third kappa shape index (κ3) is 3.46. The van der Waals surface area contributed by atoms with E-state index in [0.29, 0.717) is 0 Å². The molecule has 0 unspecified atom stereocenters. The maximum absolute atomic E-state index is 6.20. The molecule has 1 heterocycles. The number of halogens is 2. The Kier molecular flexibility index (Phi) is 4.71. The molecule has 0 N–H and O–H groups in total. The minimum absolute atomic E-state index is 0.736. The number of aryl methyl sites for hydroxylation is 1. The highest BCUT2D eigenvalue weighted by Crippen LogP contribution is 2.26.